The number of ether oxygens (including phenoxy) is 1. The number of carbonyl (C=O) groups excluding carboxylic acids is 3. The molecule has 1 saturated heterocycles. The molecular weight excluding hydrogens is 430 g/mol. The summed E-state index contributed by atoms with van der Waals surface area (Å²) in [6.07, 6.45) is 2.23. The van der Waals surface area contributed by atoms with E-state index in [0.717, 1.165) is 36.2 Å². The minimum atomic E-state index is -0.409. The fourth-order valence-corrected chi connectivity index (χ4v) is 4.11. The number of benzene rings is 1. The number of likely N-dealkylation sites (tertiary alicyclic amines) is 1. The molecule has 2 N–H and O–H groups in total. The standard InChI is InChI=1S/C22H29N5O4S/c1-3-31-13-5-11-23-18(28)16-6-4-12-27(14-16)22(30)21-26-25-20(32-21)19(29)24-17-9-7-15(2)8-10-17/h7-10,16H,3-6,11-14H2,1-2H3,(H,23,28)(H,24,29). The van der Waals surface area contributed by atoms with E-state index in [1.165, 1.54) is 0 Å². The summed E-state index contributed by atoms with van der Waals surface area (Å²) in [5, 5.41) is 13.7. The number of aromatic nitrogens is 2. The van der Waals surface area contributed by atoms with Crippen molar-refractivity contribution in [1.29, 1.82) is 0 Å². The first-order chi connectivity index (χ1) is 15.5. The van der Waals surface area contributed by atoms with Gasteiger partial charge >= 0.3 is 0 Å². The molecule has 1 aromatic carbocycles. The lowest BCUT2D eigenvalue weighted by Crippen LogP contribution is -2.45. The third kappa shape index (κ3) is 6.57. The van der Waals surface area contributed by atoms with Gasteiger partial charge in [0, 0.05) is 38.5 Å². The van der Waals surface area contributed by atoms with Gasteiger partial charge in [0.05, 0.1) is 5.92 Å². The van der Waals surface area contributed by atoms with Crippen molar-refractivity contribution in [2.45, 2.75) is 33.1 Å². The van der Waals surface area contributed by atoms with Crippen molar-refractivity contribution in [3.8, 4) is 0 Å². The average Bonchev–Trinajstić information content (AvgIpc) is 3.30. The second-order valence-electron chi connectivity index (χ2n) is 7.66. The van der Waals surface area contributed by atoms with Crippen LogP contribution >= 0.6 is 11.3 Å². The predicted molar refractivity (Wildman–Crippen MR) is 122 cm³/mol. The van der Waals surface area contributed by atoms with Crippen LogP contribution in [0.5, 0.6) is 0 Å². The van der Waals surface area contributed by atoms with Crippen LogP contribution in [-0.2, 0) is 9.53 Å². The molecule has 1 aliphatic heterocycles. The third-order valence-corrected chi connectivity index (χ3v) is 6.07. The van der Waals surface area contributed by atoms with Crippen molar-refractivity contribution in [2.24, 2.45) is 5.92 Å². The Morgan fingerprint density at radius 2 is 1.94 bits per heavy atom. The van der Waals surface area contributed by atoms with Gasteiger partial charge in [0.1, 0.15) is 0 Å². The van der Waals surface area contributed by atoms with Crippen LogP contribution in [0.3, 0.4) is 0 Å². The average molecular weight is 460 g/mol. The SMILES string of the molecule is CCOCCCNC(=O)C1CCCN(C(=O)c2nnc(C(=O)Nc3ccc(C)cc3)s2)C1. The summed E-state index contributed by atoms with van der Waals surface area (Å²) in [6.45, 7) is 6.61. The molecule has 0 aliphatic carbocycles. The number of aryl methyl sites for hydroxylation is 1. The van der Waals surface area contributed by atoms with Gasteiger partial charge in [-0.3, -0.25) is 14.4 Å². The molecule has 0 radical (unpaired) electrons. The van der Waals surface area contributed by atoms with E-state index in [0.29, 0.717) is 38.5 Å². The third-order valence-electron chi connectivity index (χ3n) is 5.16. The summed E-state index contributed by atoms with van der Waals surface area (Å²) in [5.74, 6) is -1.01. The van der Waals surface area contributed by atoms with Crippen molar-refractivity contribution < 1.29 is 19.1 Å². The largest absolute Gasteiger partial charge is 0.382 e. The summed E-state index contributed by atoms with van der Waals surface area (Å²) in [6, 6.07) is 7.39. The summed E-state index contributed by atoms with van der Waals surface area (Å²) in [4.78, 5) is 39.4. The van der Waals surface area contributed by atoms with Crippen molar-refractivity contribution in [2.75, 3.05) is 38.2 Å². The highest BCUT2D eigenvalue weighted by molar-refractivity contribution is 7.15. The monoisotopic (exact) mass is 459 g/mol. The molecule has 1 aliphatic rings. The molecule has 0 saturated carbocycles. The zero-order chi connectivity index (χ0) is 22.9. The van der Waals surface area contributed by atoms with Gasteiger partial charge in [-0.1, -0.05) is 29.0 Å². The molecule has 0 spiro atoms. The molecule has 9 nitrogen and oxygen atoms in total. The number of amides is 3. The van der Waals surface area contributed by atoms with Gasteiger partial charge in [-0.25, -0.2) is 0 Å². The van der Waals surface area contributed by atoms with Crippen LogP contribution in [0.25, 0.3) is 0 Å². The van der Waals surface area contributed by atoms with E-state index in [4.69, 9.17) is 4.74 Å². The summed E-state index contributed by atoms with van der Waals surface area (Å²) < 4.78 is 5.27. The van der Waals surface area contributed by atoms with E-state index in [1.54, 1.807) is 17.0 Å². The van der Waals surface area contributed by atoms with Crippen LogP contribution in [0.4, 0.5) is 5.69 Å². The molecule has 3 amide bonds. The highest BCUT2D eigenvalue weighted by Crippen LogP contribution is 2.21. The molecule has 1 unspecified atom stereocenters. The lowest BCUT2D eigenvalue weighted by Gasteiger charge is -2.31. The maximum atomic E-state index is 12.9. The topological polar surface area (TPSA) is 114 Å². The number of hydrogen-bond donors (Lipinski definition) is 2. The van der Waals surface area contributed by atoms with Crippen molar-refractivity contribution in [3.63, 3.8) is 0 Å². The van der Waals surface area contributed by atoms with Crippen LogP contribution in [0, 0.1) is 12.8 Å². The zero-order valence-electron chi connectivity index (χ0n) is 18.4. The number of carbonyl (C=O) groups is 3. The van der Waals surface area contributed by atoms with E-state index in [-0.39, 0.29) is 27.7 Å². The van der Waals surface area contributed by atoms with E-state index >= 15 is 0 Å². The Balaban J connectivity index is 1.53. The van der Waals surface area contributed by atoms with Crippen LogP contribution in [0.2, 0.25) is 0 Å². The van der Waals surface area contributed by atoms with Crippen molar-refractivity contribution in [3.05, 3.63) is 39.8 Å². The van der Waals surface area contributed by atoms with E-state index in [9.17, 15) is 14.4 Å². The van der Waals surface area contributed by atoms with E-state index < -0.39 is 5.91 Å². The molecular formula is C22H29N5O4S. The molecule has 1 fully saturated rings. The second kappa shape index (κ2) is 11.7. The quantitative estimate of drug-likeness (QED) is 0.557. The Labute approximate surface area is 191 Å². The molecule has 172 valence electrons. The molecule has 2 aromatic rings. The molecule has 1 atom stereocenters. The fourth-order valence-electron chi connectivity index (χ4n) is 3.41. The molecule has 3 rings (SSSR count). The van der Waals surface area contributed by atoms with Gasteiger partial charge in [-0.05, 0) is 45.2 Å². The van der Waals surface area contributed by atoms with Crippen molar-refractivity contribution >= 4 is 34.7 Å². The zero-order valence-corrected chi connectivity index (χ0v) is 19.2. The predicted octanol–water partition coefficient (Wildman–Crippen LogP) is 2.49. The highest BCUT2D eigenvalue weighted by atomic mass is 32.1. The van der Waals surface area contributed by atoms with Gasteiger partial charge in [-0.15, -0.1) is 10.2 Å². The second-order valence-corrected chi connectivity index (χ2v) is 8.64. The van der Waals surface area contributed by atoms with Gasteiger partial charge in [-0.2, -0.15) is 0 Å². The number of hydrogen-bond acceptors (Lipinski definition) is 7. The molecule has 0 bridgehead atoms. The number of nitrogens with one attached hydrogen (secondary N) is 2. The Hall–Kier alpha value is -2.85. The van der Waals surface area contributed by atoms with Crippen molar-refractivity contribution in [1.82, 2.24) is 20.4 Å². The Morgan fingerprint density at radius 1 is 1.19 bits per heavy atom. The number of anilines is 1. The van der Waals surface area contributed by atoms with Crippen LogP contribution in [0.15, 0.2) is 24.3 Å². The van der Waals surface area contributed by atoms with Gasteiger partial charge in [0.2, 0.25) is 15.9 Å². The van der Waals surface area contributed by atoms with Crippen LogP contribution in [0.1, 0.15) is 51.4 Å². The van der Waals surface area contributed by atoms with Gasteiger partial charge in [0.25, 0.3) is 11.8 Å². The summed E-state index contributed by atoms with van der Waals surface area (Å²) >= 11 is 0.956. The Kier molecular flexibility index (Phi) is 8.69. The first-order valence-electron chi connectivity index (χ1n) is 10.8. The summed E-state index contributed by atoms with van der Waals surface area (Å²) in [7, 11) is 0. The normalized spacial score (nSPS) is 15.9. The molecule has 2 heterocycles. The Morgan fingerprint density at radius 3 is 2.69 bits per heavy atom. The molecule has 32 heavy (non-hydrogen) atoms. The van der Waals surface area contributed by atoms with Gasteiger partial charge in [0.15, 0.2) is 0 Å². The number of rotatable bonds is 9. The maximum Gasteiger partial charge on any atom is 0.286 e. The van der Waals surface area contributed by atoms with Crippen LogP contribution < -0.4 is 10.6 Å². The number of piperidine rings is 1. The first-order valence-corrected chi connectivity index (χ1v) is 11.7. The lowest BCUT2D eigenvalue weighted by molar-refractivity contribution is -0.126. The number of nitrogens with zero attached hydrogens (tertiary/aromatic N) is 3. The fraction of sp³-hybridized carbons (Fsp3) is 0.500. The Bertz CT molecular complexity index is 931. The maximum absolute atomic E-state index is 12.9. The summed E-state index contributed by atoms with van der Waals surface area (Å²) in [5.41, 5.74) is 1.74. The van der Waals surface area contributed by atoms with Gasteiger partial charge < -0.3 is 20.3 Å². The van der Waals surface area contributed by atoms with E-state index in [2.05, 4.69) is 20.8 Å². The molecule has 10 heteroatoms. The minimum absolute atomic E-state index is 0.0468. The van der Waals surface area contributed by atoms with Crippen LogP contribution in [-0.4, -0.2) is 65.7 Å². The molecule has 1 aromatic heterocycles. The smallest absolute Gasteiger partial charge is 0.286 e. The minimum Gasteiger partial charge on any atom is -0.382 e. The lowest BCUT2D eigenvalue weighted by atomic mass is 9.97. The highest BCUT2D eigenvalue weighted by Gasteiger charge is 2.30. The first kappa shape index (κ1) is 23.8. The van der Waals surface area contributed by atoms with E-state index in [1.807, 2.05) is 26.0 Å².